The lowest BCUT2D eigenvalue weighted by atomic mass is 10.1. The first-order chi connectivity index (χ1) is 12.5. The van der Waals surface area contributed by atoms with Gasteiger partial charge in [-0.2, -0.15) is 5.26 Å². The number of furan rings is 1. The van der Waals surface area contributed by atoms with Crippen LogP contribution in [0.15, 0.2) is 53.2 Å². The summed E-state index contributed by atoms with van der Waals surface area (Å²) in [5, 5.41) is 22.4. The topological polar surface area (TPSA) is 91.2 Å². The van der Waals surface area contributed by atoms with E-state index in [1.165, 1.54) is 0 Å². The highest BCUT2D eigenvalue weighted by molar-refractivity contribution is 5.98. The Balaban J connectivity index is 1.78. The van der Waals surface area contributed by atoms with Crippen molar-refractivity contribution < 1.29 is 14.3 Å². The second-order valence-electron chi connectivity index (χ2n) is 6.05. The molecule has 2 heterocycles. The number of benzene rings is 1. The van der Waals surface area contributed by atoms with E-state index in [2.05, 4.69) is 5.32 Å². The van der Waals surface area contributed by atoms with E-state index >= 15 is 0 Å². The van der Waals surface area contributed by atoms with Crippen molar-refractivity contribution in [1.82, 2.24) is 9.88 Å². The first kappa shape index (κ1) is 17.5. The van der Waals surface area contributed by atoms with Crippen LogP contribution in [0.5, 0.6) is 0 Å². The van der Waals surface area contributed by atoms with Gasteiger partial charge in [-0.15, -0.1) is 0 Å². The highest BCUT2D eigenvalue weighted by Crippen LogP contribution is 2.25. The fraction of sp³-hybridized carbons (Fsp3) is 0.200. The molecule has 0 fully saturated rings. The predicted molar refractivity (Wildman–Crippen MR) is 96.0 cm³/mol. The smallest absolute Gasteiger partial charge is 0.256 e. The standard InChI is InChI=1S/C20H19N3O3/c1-13-5-7-15(8-6-13)17(24)12-22-19(25)18-14(2)26-20(16(18)11-21)23-9-3-4-10-23/h3-10,17,24H,12H2,1-2H3,(H,22,25)/t17-/m0/s1. The summed E-state index contributed by atoms with van der Waals surface area (Å²) in [6, 6.07) is 13.1. The lowest BCUT2D eigenvalue weighted by molar-refractivity contribution is 0.0914. The zero-order valence-electron chi connectivity index (χ0n) is 14.6. The quantitative estimate of drug-likeness (QED) is 0.741. The normalized spacial score (nSPS) is 11.8. The Bertz CT molecular complexity index is 948. The highest BCUT2D eigenvalue weighted by Gasteiger charge is 2.24. The SMILES string of the molecule is Cc1ccc([C@@H](O)CNC(=O)c2c(C)oc(-n3cccc3)c2C#N)cc1. The van der Waals surface area contributed by atoms with Gasteiger partial charge in [-0.25, -0.2) is 0 Å². The summed E-state index contributed by atoms with van der Waals surface area (Å²) in [5.74, 6) is 0.208. The monoisotopic (exact) mass is 349 g/mol. The summed E-state index contributed by atoms with van der Waals surface area (Å²) in [6.45, 7) is 3.64. The van der Waals surface area contributed by atoms with E-state index in [-0.39, 0.29) is 17.7 Å². The largest absolute Gasteiger partial charge is 0.443 e. The molecule has 0 unspecified atom stereocenters. The molecule has 6 heteroatoms. The van der Waals surface area contributed by atoms with Crippen LogP contribution in [0.3, 0.4) is 0 Å². The van der Waals surface area contributed by atoms with Gasteiger partial charge in [-0.3, -0.25) is 9.36 Å². The maximum absolute atomic E-state index is 12.6. The van der Waals surface area contributed by atoms with E-state index in [1.54, 1.807) is 36.0 Å². The lowest BCUT2D eigenvalue weighted by Gasteiger charge is -2.12. The molecule has 6 nitrogen and oxygen atoms in total. The van der Waals surface area contributed by atoms with Gasteiger partial charge in [-0.05, 0) is 31.5 Å². The summed E-state index contributed by atoms with van der Waals surface area (Å²) in [5.41, 5.74) is 2.16. The molecule has 2 aromatic heterocycles. The van der Waals surface area contributed by atoms with E-state index in [0.717, 1.165) is 5.56 Å². The van der Waals surface area contributed by atoms with Gasteiger partial charge in [-0.1, -0.05) is 29.8 Å². The number of carbonyl (C=O) groups excluding carboxylic acids is 1. The van der Waals surface area contributed by atoms with E-state index in [0.29, 0.717) is 17.2 Å². The van der Waals surface area contributed by atoms with Gasteiger partial charge in [0.1, 0.15) is 23.0 Å². The number of rotatable bonds is 5. The third-order valence-corrected chi connectivity index (χ3v) is 4.16. The third-order valence-electron chi connectivity index (χ3n) is 4.16. The van der Waals surface area contributed by atoms with Crippen molar-refractivity contribution in [2.45, 2.75) is 20.0 Å². The summed E-state index contributed by atoms with van der Waals surface area (Å²) in [7, 11) is 0. The number of aromatic nitrogens is 1. The number of hydrogen-bond donors (Lipinski definition) is 2. The van der Waals surface area contributed by atoms with Gasteiger partial charge in [0, 0.05) is 18.9 Å². The molecule has 3 aromatic rings. The molecule has 26 heavy (non-hydrogen) atoms. The van der Waals surface area contributed by atoms with E-state index in [1.807, 2.05) is 37.3 Å². The van der Waals surface area contributed by atoms with Crippen LogP contribution in [0.4, 0.5) is 0 Å². The molecule has 1 atom stereocenters. The molecule has 0 saturated heterocycles. The molecule has 0 aliphatic rings. The van der Waals surface area contributed by atoms with Crippen LogP contribution in [-0.2, 0) is 0 Å². The summed E-state index contributed by atoms with van der Waals surface area (Å²) < 4.78 is 7.27. The van der Waals surface area contributed by atoms with Crippen molar-refractivity contribution in [2.24, 2.45) is 0 Å². The third kappa shape index (κ3) is 3.39. The molecule has 0 aliphatic carbocycles. The van der Waals surface area contributed by atoms with Crippen molar-refractivity contribution in [2.75, 3.05) is 6.54 Å². The fourth-order valence-corrected chi connectivity index (χ4v) is 2.74. The van der Waals surface area contributed by atoms with Gasteiger partial charge in [0.25, 0.3) is 5.91 Å². The summed E-state index contributed by atoms with van der Waals surface area (Å²) in [4.78, 5) is 12.6. The second kappa shape index (κ2) is 7.30. The van der Waals surface area contributed by atoms with Crippen LogP contribution in [0.1, 0.15) is 38.9 Å². The van der Waals surface area contributed by atoms with Gasteiger partial charge < -0.3 is 14.8 Å². The van der Waals surface area contributed by atoms with Crippen molar-refractivity contribution >= 4 is 5.91 Å². The minimum absolute atomic E-state index is 0.0379. The highest BCUT2D eigenvalue weighted by atomic mass is 16.4. The van der Waals surface area contributed by atoms with Crippen LogP contribution in [0.25, 0.3) is 5.88 Å². The van der Waals surface area contributed by atoms with Gasteiger partial charge >= 0.3 is 0 Å². The minimum atomic E-state index is -0.832. The second-order valence-corrected chi connectivity index (χ2v) is 6.05. The number of aliphatic hydroxyl groups is 1. The number of nitrogens with zero attached hydrogens (tertiary/aromatic N) is 2. The first-order valence-electron chi connectivity index (χ1n) is 8.21. The Kier molecular flexibility index (Phi) is 4.92. The van der Waals surface area contributed by atoms with Crippen molar-refractivity contribution in [3.8, 4) is 12.0 Å². The Morgan fingerprint density at radius 1 is 1.27 bits per heavy atom. The molecule has 2 N–H and O–H groups in total. The summed E-state index contributed by atoms with van der Waals surface area (Å²) in [6.07, 6.45) is 2.64. The van der Waals surface area contributed by atoms with Crippen molar-refractivity contribution in [1.29, 1.82) is 5.26 Å². The number of aryl methyl sites for hydroxylation is 2. The Morgan fingerprint density at radius 2 is 1.92 bits per heavy atom. The minimum Gasteiger partial charge on any atom is -0.443 e. The fourth-order valence-electron chi connectivity index (χ4n) is 2.74. The van der Waals surface area contributed by atoms with Crippen molar-refractivity contribution in [3.05, 3.63) is 76.8 Å². The van der Waals surface area contributed by atoms with Crippen molar-refractivity contribution in [3.63, 3.8) is 0 Å². The number of nitriles is 1. The lowest BCUT2D eigenvalue weighted by Crippen LogP contribution is -2.29. The zero-order chi connectivity index (χ0) is 18.7. The molecule has 132 valence electrons. The van der Waals surface area contributed by atoms with Crippen LogP contribution in [0, 0.1) is 25.2 Å². The van der Waals surface area contributed by atoms with Crippen LogP contribution in [-0.4, -0.2) is 22.1 Å². The summed E-state index contributed by atoms with van der Waals surface area (Å²) >= 11 is 0. The predicted octanol–water partition coefficient (Wildman–Crippen LogP) is 3.02. The molecule has 0 radical (unpaired) electrons. The van der Waals surface area contributed by atoms with Gasteiger partial charge in [0.15, 0.2) is 0 Å². The maximum Gasteiger partial charge on any atom is 0.256 e. The molecule has 0 bridgehead atoms. The Hall–Kier alpha value is -3.30. The van der Waals surface area contributed by atoms with Crippen LogP contribution < -0.4 is 5.32 Å². The van der Waals surface area contributed by atoms with E-state index in [4.69, 9.17) is 4.42 Å². The number of aliphatic hydroxyl groups excluding tert-OH is 1. The number of hydrogen-bond acceptors (Lipinski definition) is 4. The maximum atomic E-state index is 12.6. The van der Waals surface area contributed by atoms with Gasteiger partial charge in [0.05, 0.1) is 6.10 Å². The number of carbonyl (C=O) groups is 1. The molecular weight excluding hydrogens is 330 g/mol. The molecular formula is C20H19N3O3. The molecule has 0 aliphatic heterocycles. The zero-order valence-corrected chi connectivity index (χ0v) is 14.6. The van der Waals surface area contributed by atoms with Crippen LogP contribution in [0.2, 0.25) is 0 Å². The molecule has 0 saturated carbocycles. The number of amides is 1. The van der Waals surface area contributed by atoms with Gasteiger partial charge in [0.2, 0.25) is 5.88 Å². The van der Waals surface area contributed by atoms with E-state index in [9.17, 15) is 15.2 Å². The average molecular weight is 349 g/mol. The van der Waals surface area contributed by atoms with E-state index < -0.39 is 12.0 Å². The first-order valence-corrected chi connectivity index (χ1v) is 8.21. The Labute approximate surface area is 151 Å². The molecule has 3 rings (SSSR count). The molecule has 0 spiro atoms. The molecule has 1 amide bonds. The number of nitrogens with one attached hydrogen (secondary N) is 1. The average Bonchev–Trinajstić information content (AvgIpc) is 3.27. The molecule has 1 aromatic carbocycles. The Morgan fingerprint density at radius 3 is 2.54 bits per heavy atom. The van der Waals surface area contributed by atoms with Crippen LogP contribution >= 0.6 is 0 Å².